The number of esters is 1. The summed E-state index contributed by atoms with van der Waals surface area (Å²) in [5, 5.41) is 7.64. The van der Waals surface area contributed by atoms with Crippen LogP contribution in [0, 0.1) is 0 Å². The third kappa shape index (κ3) is 4.59. The number of nitrogens with one attached hydrogen (secondary N) is 1. The molecule has 10 heteroatoms. The molecule has 28 heavy (non-hydrogen) atoms. The molecule has 0 aliphatic carbocycles. The van der Waals surface area contributed by atoms with E-state index in [0.717, 1.165) is 0 Å². The Balaban J connectivity index is 1.61. The Morgan fingerprint density at radius 1 is 1.07 bits per heavy atom. The fourth-order valence-electron chi connectivity index (χ4n) is 2.43. The van der Waals surface area contributed by atoms with Gasteiger partial charge in [-0.1, -0.05) is 0 Å². The summed E-state index contributed by atoms with van der Waals surface area (Å²) in [5.41, 5.74) is 0.557. The number of sulfonamides is 1. The minimum atomic E-state index is -3.86. The first-order valence-electron chi connectivity index (χ1n) is 8.28. The zero-order valence-electron chi connectivity index (χ0n) is 14.9. The number of amides is 1. The molecule has 148 valence electrons. The van der Waals surface area contributed by atoms with Crippen LogP contribution >= 0.6 is 0 Å². The van der Waals surface area contributed by atoms with Crippen LogP contribution in [0.4, 0.5) is 5.69 Å². The Bertz CT molecular complexity index is 1000. The van der Waals surface area contributed by atoms with E-state index in [0.29, 0.717) is 30.4 Å². The van der Waals surface area contributed by atoms with E-state index < -0.39 is 28.0 Å². The minimum Gasteiger partial charge on any atom is -0.486 e. The van der Waals surface area contributed by atoms with Crippen LogP contribution in [0.15, 0.2) is 47.4 Å². The van der Waals surface area contributed by atoms with E-state index in [4.69, 9.17) is 19.3 Å². The molecule has 2 aromatic carbocycles. The lowest BCUT2D eigenvalue weighted by Gasteiger charge is -2.19. The molecule has 3 N–H and O–H groups in total. The fourth-order valence-corrected chi connectivity index (χ4v) is 2.94. The predicted molar refractivity (Wildman–Crippen MR) is 98.8 cm³/mol. The van der Waals surface area contributed by atoms with Crippen LogP contribution in [0.3, 0.4) is 0 Å². The van der Waals surface area contributed by atoms with Crippen molar-refractivity contribution in [2.45, 2.75) is 17.9 Å². The molecule has 0 aromatic heterocycles. The van der Waals surface area contributed by atoms with Gasteiger partial charge in [0.1, 0.15) is 13.2 Å². The van der Waals surface area contributed by atoms with Gasteiger partial charge >= 0.3 is 5.97 Å². The van der Waals surface area contributed by atoms with Crippen LogP contribution in [0.1, 0.15) is 17.3 Å². The van der Waals surface area contributed by atoms with E-state index in [9.17, 15) is 18.0 Å². The van der Waals surface area contributed by atoms with E-state index >= 15 is 0 Å². The van der Waals surface area contributed by atoms with Crippen molar-refractivity contribution < 1.29 is 32.2 Å². The summed E-state index contributed by atoms with van der Waals surface area (Å²) in [7, 11) is -3.86. The van der Waals surface area contributed by atoms with Crippen molar-refractivity contribution in [3.05, 3.63) is 48.0 Å². The van der Waals surface area contributed by atoms with E-state index in [-0.39, 0.29) is 10.5 Å². The van der Waals surface area contributed by atoms with E-state index in [1.54, 1.807) is 18.2 Å². The number of ether oxygens (including phenoxy) is 3. The number of primary sulfonamides is 1. The highest BCUT2D eigenvalue weighted by Crippen LogP contribution is 2.32. The quantitative estimate of drug-likeness (QED) is 0.715. The van der Waals surface area contributed by atoms with E-state index in [1.165, 1.54) is 31.2 Å². The molecule has 1 aliphatic rings. The van der Waals surface area contributed by atoms with Crippen LogP contribution in [0.25, 0.3) is 0 Å². The summed E-state index contributed by atoms with van der Waals surface area (Å²) in [6.07, 6.45) is -1.08. The number of fused-ring (bicyclic) bond motifs is 1. The number of carbonyl (C=O) groups excluding carboxylic acids is 2. The average Bonchev–Trinajstić information content (AvgIpc) is 2.67. The number of rotatable bonds is 5. The maximum atomic E-state index is 12.3. The standard InChI is InChI=1S/C18H18N2O7S/c1-11(27-18(22)12-2-5-14(6-3-12)28(19,23)24)17(21)20-13-4-7-15-16(10-13)26-9-8-25-15/h2-7,10-11H,8-9H2,1H3,(H,20,21)(H2,19,23,24)/t11-/m0/s1. The SMILES string of the molecule is C[C@H](OC(=O)c1ccc(S(N)(=O)=O)cc1)C(=O)Nc1ccc2c(c1)OCCO2. The lowest BCUT2D eigenvalue weighted by atomic mass is 10.2. The number of hydrogen-bond donors (Lipinski definition) is 2. The average molecular weight is 406 g/mol. The van der Waals surface area contributed by atoms with Crippen molar-refractivity contribution in [1.82, 2.24) is 0 Å². The van der Waals surface area contributed by atoms with Crippen LogP contribution in [0.2, 0.25) is 0 Å². The molecule has 1 aliphatic heterocycles. The fraction of sp³-hybridized carbons (Fsp3) is 0.222. The lowest BCUT2D eigenvalue weighted by Crippen LogP contribution is -2.30. The second-order valence-corrected chi connectivity index (χ2v) is 7.53. The number of carbonyl (C=O) groups is 2. The summed E-state index contributed by atoms with van der Waals surface area (Å²) in [5.74, 6) is -0.202. The van der Waals surface area contributed by atoms with Gasteiger partial charge in [0, 0.05) is 11.8 Å². The summed E-state index contributed by atoms with van der Waals surface area (Å²) >= 11 is 0. The second kappa shape index (κ2) is 7.87. The van der Waals surface area contributed by atoms with E-state index in [2.05, 4.69) is 5.32 Å². The molecule has 1 heterocycles. The Morgan fingerprint density at radius 2 is 1.71 bits per heavy atom. The maximum Gasteiger partial charge on any atom is 0.338 e. The Labute approximate surface area is 161 Å². The summed E-state index contributed by atoms with van der Waals surface area (Å²) in [6, 6.07) is 9.82. The molecule has 0 radical (unpaired) electrons. The highest BCUT2D eigenvalue weighted by atomic mass is 32.2. The third-order valence-corrected chi connectivity index (χ3v) is 4.81. The smallest absolute Gasteiger partial charge is 0.338 e. The van der Waals surface area contributed by atoms with Crippen molar-refractivity contribution in [2.75, 3.05) is 18.5 Å². The number of nitrogens with two attached hydrogens (primary N) is 1. The number of hydrogen-bond acceptors (Lipinski definition) is 7. The number of benzene rings is 2. The topological polar surface area (TPSA) is 134 Å². The maximum absolute atomic E-state index is 12.3. The van der Waals surface area contributed by atoms with Crippen molar-refractivity contribution in [3.8, 4) is 11.5 Å². The molecule has 0 saturated heterocycles. The van der Waals surface area contributed by atoms with Crippen LogP contribution in [-0.4, -0.2) is 39.6 Å². The Morgan fingerprint density at radius 3 is 2.36 bits per heavy atom. The number of anilines is 1. The van der Waals surface area contributed by atoms with Crippen LogP contribution in [-0.2, 0) is 19.6 Å². The first-order valence-corrected chi connectivity index (χ1v) is 9.83. The van der Waals surface area contributed by atoms with Crippen LogP contribution < -0.4 is 19.9 Å². The molecule has 1 amide bonds. The van der Waals surface area contributed by atoms with Gasteiger partial charge in [-0.05, 0) is 43.3 Å². The van der Waals surface area contributed by atoms with Gasteiger partial charge in [-0.15, -0.1) is 0 Å². The molecular weight excluding hydrogens is 388 g/mol. The largest absolute Gasteiger partial charge is 0.486 e. The van der Waals surface area contributed by atoms with Gasteiger partial charge in [0.2, 0.25) is 10.0 Å². The van der Waals surface area contributed by atoms with Crippen molar-refractivity contribution in [3.63, 3.8) is 0 Å². The zero-order chi connectivity index (χ0) is 20.3. The van der Waals surface area contributed by atoms with Gasteiger partial charge in [0.15, 0.2) is 17.6 Å². The molecule has 0 fully saturated rings. The highest BCUT2D eigenvalue weighted by molar-refractivity contribution is 7.89. The Kier molecular flexibility index (Phi) is 5.52. The lowest BCUT2D eigenvalue weighted by molar-refractivity contribution is -0.123. The summed E-state index contributed by atoms with van der Waals surface area (Å²) in [4.78, 5) is 24.3. The van der Waals surface area contributed by atoms with Gasteiger partial charge < -0.3 is 19.5 Å². The van der Waals surface area contributed by atoms with Gasteiger partial charge in [-0.25, -0.2) is 18.4 Å². The van der Waals surface area contributed by atoms with Gasteiger partial charge in [-0.3, -0.25) is 4.79 Å². The second-order valence-electron chi connectivity index (χ2n) is 5.96. The first-order chi connectivity index (χ1) is 13.2. The minimum absolute atomic E-state index is 0.0892. The highest BCUT2D eigenvalue weighted by Gasteiger charge is 2.20. The van der Waals surface area contributed by atoms with Crippen LogP contribution in [0.5, 0.6) is 11.5 Å². The molecule has 2 aromatic rings. The predicted octanol–water partition coefficient (Wildman–Crippen LogP) is 1.29. The van der Waals surface area contributed by atoms with Gasteiger partial charge in [-0.2, -0.15) is 0 Å². The van der Waals surface area contributed by atoms with Gasteiger partial charge in [0.25, 0.3) is 5.91 Å². The molecule has 0 saturated carbocycles. The van der Waals surface area contributed by atoms with E-state index in [1.807, 2.05) is 0 Å². The molecular formula is C18H18N2O7S. The third-order valence-electron chi connectivity index (χ3n) is 3.88. The molecule has 3 rings (SSSR count). The molecule has 9 nitrogen and oxygen atoms in total. The normalized spacial score (nSPS) is 14.1. The Hall–Kier alpha value is -3.11. The van der Waals surface area contributed by atoms with Crippen molar-refractivity contribution >= 4 is 27.6 Å². The molecule has 0 spiro atoms. The molecule has 0 bridgehead atoms. The zero-order valence-corrected chi connectivity index (χ0v) is 15.7. The van der Waals surface area contributed by atoms with Crippen molar-refractivity contribution in [2.24, 2.45) is 5.14 Å². The summed E-state index contributed by atoms with van der Waals surface area (Å²) < 4.78 is 38.5. The van der Waals surface area contributed by atoms with Crippen molar-refractivity contribution in [1.29, 1.82) is 0 Å². The summed E-state index contributed by atoms with van der Waals surface area (Å²) in [6.45, 7) is 2.30. The first kappa shape index (κ1) is 19.6. The molecule has 1 atom stereocenters. The van der Waals surface area contributed by atoms with Gasteiger partial charge in [0.05, 0.1) is 10.5 Å². The monoisotopic (exact) mass is 406 g/mol. The molecule has 0 unspecified atom stereocenters.